The van der Waals surface area contributed by atoms with E-state index in [0.717, 1.165) is 25.3 Å². The van der Waals surface area contributed by atoms with Crippen molar-refractivity contribution >= 4 is 23.3 Å². The van der Waals surface area contributed by atoms with Gasteiger partial charge in [-0.05, 0) is 44.5 Å². The van der Waals surface area contributed by atoms with Crippen LogP contribution in [0.15, 0.2) is 6.07 Å². The minimum absolute atomic E-state index is 0.0345. The van der Waals surface area contributed by atoms with Gasteiger partial charge in [0.25, 0.3) is 0 Å². The highest BCUT2D eigenvalue weighted by Crippen LogP contribution is 2.40. The van der Waals surface area contributed by atoms with Gasteiger partial charge in [-0.2, -0.15) is 13.2 Å². The summed E-state index contributed by atoms with van der Waals surface area (Å²) < 4.78 is 45.2. The summed E-state index contributed by atoms with van der Waals surface area (Å²) in [5.41, 5.74) is 4.27. The number of piperidine rings is 1. The summed E-state index contributed by atoms with van der Waals surface area (Å²) in [6.45, 7) is 3.08. The molecule has 0 unspecified atom stereocenters. The van der Waals surface area contributed by atoms with Crippen molar-refractivity contribution in [1.29, 1.82) is 0 Å². The smallest absolute Gasteiger partial charge is 0.416 e. The normalized spacial score (nSPS) is 16.2. The zero-order chi connectivity index (χ0) is 17.9. The van der Waals surface area contributed by atoms with Crippen molar-refractivity contribution < 1.29 is 22.7 Å². The van der Waals surface area contributed by atoms with Crippen LogP contribution in [0.25, 0.3) is 0 Å². The first-order valence-electron chi connectivity index (χ1n) is 7.83. The maximum absolute atomic E-state index is 13.5. The number of likely N-dealkylation sites (tertiary alicyclic amines) is 1. The van der Waals surface area contributed by atoms with Crippen LogP contribution in [0, 0.1) is 0 Å². The Labute approximate surface area is 143 Å². The molecule has 1 aliphatic rings. The summed E-state index contributed by atoms with van der Waals surface area (Å²) >= 11 is 6.11. The fourth-order valence-corrected chi connectivity index (χ4v) is 3.10. The average Bonchev–Trinajstić information content (AvgIpc) is 2.52. The zero-order valence-electron chi connectivity index (χ0n) is 13.4. The summed E-state index contributed by atoms with van der Waals surface area (Å²) in [5.74, 6) is -0.910. The second-order valence-electron chi connectivity index (χ2n) is 5.73. The fraction of sp³-hybridized carbons (Fsp3) is 0.562. The summed E-state index contributed by atoms with van der Waals surface area (Å²) in [6, 6.07) is 0.748. The van der Waals surface area contributed by atoms with E-state index in [2.05, 4.69) is 0 Å². The quantitative estimate of drug-likeness (QED) is 0.645. The fourth-order valence-electron chi connectivity index (χ4n) is 2.83. The van der Waals surface area contributed by atoms with Crippen molar-refractivity contribution in [2.24, 2.45) is 0 Å². The Balaban J connectivity index is 2.48. The number of hydrogen-bond donors (Lipinski definition) is 1. The number of carbonyl (C=O) groups excluding carboxylic acids is 1. The summed E-state index contributed by atoms with van der Waals surface area (Å²) in [5, 5.41) is -0.224. The molecule has 0 radical (unpaired) electrons. The molecule has 2 N–H and O–H groups in total. The molecule has 24 heavy (non-hydrogen) atoms. The maximum atomic E-state index is 13.5. The standard InChI is InChI=1S/C16H20ClF3N2O2/c1-2-24-15(23)10-8-12(16(18,19)20)11(13(17)14(10)21)9-22-6-4-3-5-7-22/h8H,2-7,9,21H2,1H3. The third-order valence-corrected chi connectivity index (χ3v) is 4.47. The Morgan fingerprint density at radius 2 is 1.96 bits per heavy atom. The second-order valence-corrected chi connectivity index (χ2v) is 6.11. The Hall–Kier alpha value is -1.47. The van der Waals surface area contributed by atoms with Gasteiger partial charge in [0.15, 0.2) is 0 Å². The molecule has 0 saturated carbocycles. The number of nitrogens with two attached hydrogens (primary N) is 1. The topological polar surface area (TPSA) is 55.6 Å². The number of anilines is 1. The van der Waals surface area contributed by atoms with Crippen LogP contribution in [-0.2, 0) is 17.5 Å². The lowest BCUT2D eigenvalue weighted by molar-refractivity contribution is -0.138. The molecule has 1 aromatic carbocycles. The molecule has 0 aromatic heterocycles. The molecule has 0 amide bonds. The molecule has 0 aliphatic carbocycles. The number of halogens is 4. The highest BCUT2D eigenvalue weighted by molar-refractivity contribution is 6.34. The molecule has 0 atom stereocenters. The largest absolute Gasteiger partial charge is 0.462 e. The van der Waals surface area contributed by atoms with Crippen LogP contribution >= 0.6 is 11.6 Å². The number of nitrogens with zero attached hydrogens (tertiary/aromatic N) is 1. The molecular formula is C16H20ClF3N2O2. The van der Waals surface area contributed by atoms with E-state index in [1.54, 1.807) is 6.92 Å². The zero-order valence-corrected chi connectivity index (χ0v) is 14.1. The highest BCUT2D eigenvalue weighted by atomic mass is 35.5. The molecule has 1 saturated heterocycles. The van der Waals surface area contributed by atoms with Gasteiger partial charge >= 0.3 is 12.1 Å². The van der Waals surface area contributed by atoms with Gasteiger partial charge in [0, 0.05) is 6.54 Å². The minimum atomic E-state index is -4.64. The SMILES string of the molecule is CCOC(=O)c1cc(C(F)(F)F)c(CN2CCCCC2)c(Cl)c1N. The van der Waals surface area contributed by atoms with Crippen LogP contribution in [0.1, 0.15) is 47.7 Å². The number of nitrogen functional groups attached to an aromatic ring is 1. The molecule has 1 aromatic rings. The summed E-state index contributed by atoms with van der Waals surface area (Å²) in [4.78, 5) is 13.8. The maximum Gasteiger partial charge on any atom is 0.416 e. The number of hydrogen-bond acceptors (Lipinski definition) is 4. The molecule has 0 spiro atoms. The predicted molar refractivity (Wildman–Crippen MR) is 86.0 cm³/mol. The summed E-state index contributed by atoms with van der Waals surface area (Å²) in [6.07, 6.45) is -1.69. The molecule has 8 heteroatoms. The van der Waals surface area contributed by atoms with Crippen LogP contribution in [0.5, 0.6) is 0 Å². The van der Waals surface area contributed by atoms with Gasteiger partial charge in [-0.25, -0.2) is 4.79 Å². The van der Waals surface area contributed by atoms with E-state index in [1.165, 1.54) is 0 Å². The third kappa shape index (κ3) is 4.13. The van der Waals surface area contributed by atoms with Crippen molar-refractivity contribution in [1.82, 2.24) is 4.90 Å². The first kappa shape index (κ1) is 18.9. The van der Waals surface area contributed by atoms with Crippen molar-refractivity contribution in [2.45, 2.75) is 38.9 Å². The molecule has 1 fully saturated rings. The monoisotopic (exact) mass is 364 g/mol. The molecule has 1 aliphatic heterocycles. The molecule has 0 bridgehead atoms. The van der Waals surface area contributed by atoms with Gasteiger partial charge < -0.3 is 10.5 Å². The average molecular weight is 365 g/mol. The molecule has 4 nitrogen and oxygen atoms in total. The highest BCUT2D eigenvalue weighted by Gasteiger charge is 2.37. The lowest BCUT2D eigenvalue weighted by atomic mass is 9.99. The van der Waals surface area contributed by atoms with E-state index in [1.807, 2.05) is 4.90 Å². The Morgan fingerprint density at radius 3 is 2.50 bits per heavy atom. The van der Waals surface area contributed by atoms with E-state index in [9.17, 15) is 18.0 Å². The van der Waals surface area contributed by atoms with Gasteiger partial charge in [0.05, 0.1) is 28.4 Å². The number of esters is 1. The molecule has 2 rings (SSSR count). The number of alkyl halides is 3. The molecule has 1 heterocycles. The Bertz CT molecular complexity index is 614. The number of ether oxygens (including phenoxy) is 1. The number of carbonyl (C=O) groups is 1. The van der Waals surface area contributed by atoms with Gasteiger partial charge in [-0.15, -0.1) is 0 Å². The number of benzene rings is 1. The first-order chi connectivity index (χ1) is 11.3. The predicted octanol–water partition coefficient (Wildman–Crippen LogP) is 4.10. The van der Waals surface area contributed by atoms with Gasteiger partial charge in [-0.1, -0.05) is 18.0 Å². The van der Waals surface area contributed by atoms with E-state index in [4.69, 9.17) is 22.1 Å². The second kappa shape index (κ2) is 7.61. The molecular weight excluding hydrogens is 345 g/mol. The number of rotatable bonds is 4. The van der Waals surface area contributed by atoms with E-state index in [0.29, 0.717) is 13.1 Å². The van der Waals surface area contributed by atoms with Gasteiger partial charge in [0.1, 0.15) is 0 Å². The van der Waals surface area contributed by atoms with Crippen molar-refractivity contribution in [3.05, 3.63) is 27.8 Å². The van der Waals surface area contributed by atoms with Crippen molar-refractivity contribution in [3.63, 3.8) is 0 Å². The van der Waals surface area contributed by atoms with Crippen LogP contribution in [0.2, 0.25) is 5.02 Å². The van der Waals surface area contributed by atoms with Crippen molar-refractivity contribution in [3.8, 4) is 0 Å². The van der Waals surface area contributed by atoms with Gasteiger partial charge in [0.2, 0.25) is 0 Å². The van der Waals surface area contributed by atoms with E-state index >= 15 is 0 Å². The van der Waals surface area contributed by atoms with Crippen molar-refractivity contribution in [2.75, 3.05) is 25.4 Å². The third-order valence-electron chi connectivity index (χ3n) is 4.04. The van der Waals surface area contributed by atoms with E-state index < -0.39 is 17.7 Å². The first-order valence-corrected chi connectivity index (χ1v) is 8.21. The Kier molecular flexibility index (Phi) is 5.98. The summed E-state index contributed by atoms with van der Waals surface area (Å²) in [7, 11) is 0. The van der Waals surface area contributed by atoms with Crippen LogP contribution < -0.4 is 5.73 Å². The lowest BCUT2D eigenvalue weighted by Crippen LogP contribution is -2.30. The van der Waals surface area contributed by atoms with E-state index in [-0.39, 0.29) is 35.0 Å². The Morgan fingerprint density at radius 1 is 1.33 bits per heavy atom. The minimum Gasteiger partial charge on any atom is -0.462 e. The molecule has 134 valence electrons. The van der Waals surface area contributed by atoms with Crippen LogP contribution in [-0.4, -0.2) is 30.6 Å². The van der Waals surface area contributed by atoms with Crippen LogP contribution in [0.3, 0.4) is 0 Å². The van der Waals surface area contributed by atoms with Crippen LogP contribution in [0.4, 0.5) is 18.9 Å². The van der Waals surface area contributed by atoms with Gasteiger partial charge in [-0.3, -0.25) is 4.90 Å². The lowest BCUT2D eigenvalue weighted by Gasteiger charge is -2.28.